The molecule has 4 rings (SSSR count). The highest BCUT2D eigenvalue weighted by Crippen LogP contribution is 2.54. The second-order valence-electron chi connectivity index (χ2n) is 5.57. The average molecular weight is 319 g/mol. The van der Waals surface area contributed by atoms with E-state index in [4.69, 9.17) is 16.1 Å². The summed E-state index contributed by atoms with van der Waals surface area (Å²) >= 11 is 6.19. The van der Waals surface area contributed by atoms with E-state index < -0.39 is 0 Å². The first kappa shape index (κ1) is 13.5. The number of hydrogen-bond acceptors (Lipinski definition) is 4. The molecule has 0 aliphatic heterocycles. The topological polar surface area (TPSA) is 67.6 Å². The number of aromatic nitrogens is 4. The lowest BCUT2D eigenvalue weighted by Gasteiger charge is -2.12. The Morgan fingerprint density at radius 2 is 2.14 bits per heavy atom. The second-order valence-corrected chi connectivity index (χ2v) is 5.97. The molecule has 5 nitrogen and oxygen atoms in total. The molecule has 0 spiro atoms. The summed E-state index contributed by atoms with van der Waals surface area (Å²) in [6.45, 7) is 1.90. The van der Waals surface area contributed by atoms with Crippen LogP contribution in [0.25, 0.3) is 11.6 Å². The van der Waals surface area contributed by atoms with Crippen molar-refractivity contribution in [1.29, 1.82) is 0 Å². The van der Waals surface area contributed by atoms with Crippen molar-refractivity contribution in [1.82, 2.24) is 20.3 Å². The monoisotopic (exact) mass is 318 g/mol. The zero-order valence-electron chi connectivity index (χ0n) is 11.7. The van der Waals surface area contributed by atoms with Crippen LogP contribution in [-0.4, -0.2) is 20.3 Å². The van der Waals surface area contributed by atoms with E-state index in [1.807, 2.05) is 13.0 Å². The van der Waals surface area contributed by atoms with Gasteiger partial charge in [-0.1, -0.05) is 22.8 Å². The maximum absolute atomic E-state index is 13.2. The third-order valence-corrected chi connectivity index (χ3v) is 4.29. The van der Waals surface area contributed by atoms with Crippen molar-refractivity contribution in [2.24, 2.45) is 0 Å². The first-order valence-corrected chi connectivity index (χ1v) is 7.28. The Hall–Kier alpha value is -2.21. The van der Waals surface area contributed by atoms with E-state index >= 15 is 0 Å². The van der Waals surface area contributed by atoms with Crippen molar-refractivity contribution in [3.05, 3.63) is 52.2 Å². The summed E-state index contributed by atoms with van der Waals surface area (Å²) in [6, 6.07) is 6.25. The third-order valence-electron chi connectivity index (χ3n) is 3.98. The quantitative estimate of drug-likeness (QED) is 0.800. The van der Waals surface area contributed by atoms with Crippen molar-refractivity contribution in [2.75, 3.05) is 0 Å². The van der Waals surface area contributed by atoms with Gasteiger partial charge in [-0.2, -0.15) is 10.1 Å². The predicted molar refractivity (Wildman–Crippen MR) is 78.0 cm³/mol. The molecule has 2 heterocycles. The van der Waals surface area contributed by atoms with Crippen LogP contribution in [0.1, 0.15) is 29.9 Å². The van der Waals surface area contributed by atoms with Crippen LogP contribution in [0.5, 0.6) is 0 Å². The maximum atomic E-state index is 13.2. The first-order valence-electron chi connectivity index (χ1n) is 6.91. The molecule has 0 radical (unpaired) electrons. The smallest absolute Gasteiger partial charge is 0.278 e. The molecule has 22 heavy (non-hydrogen) atoms. The van der Waals surface area contributed by atoms with Crippen LogP contribution in [0.4, 0.5) is 4.39 Å². The number of H-pyrrole nitrogens is 1. The molecule has 0 atom stereocenters. The van der Waals surface area contributed by atoms with Crippen molar-refractivity contribution < 1.29 is 8.91 Å². The Kier molecular flexibility index (Phi) is 2.84. The minimum absolute atomic E-state index is 0.356. The van der Waals surface area contributed by atoms with Gasteiger partial charge in [0.05, 0.1) is 5.41 Å². The molecule has 1 aromatic carbocycles. The van der Waals surface area contributed by atoms with Gasteiger partial charge in [-0.05, 0) is 43.5 Å². The standard InChI is InChI=1S/C15H12ClFN4O/c1-8-6-12(20-19-8)13-18-14(21-22-13)15(4-5-15)10-3-2-9(17)7-11(10)16/h2-3,6-7H,4-5H2,1H3,(H,19,20). The molecular formula is C15H12ClFN4O. The minimum atomic E-state index is -0.377. The van der Waals surface area contributed by atoms with E-state index in [0.29, 0.717) is 22.4 Å². The highest BCUT2D eigenvalue weighted by molar-refractivity contribution is 6.31. The highest BCUT2D eigenvalue weighted by atomic mass is 35.5. The van der Waals surface area contributed by atoms with Crippen LogP contribution in [0.3, 0.4) is 0 Å². The summed E-state index contributed by atoms with van der Waals surface area (Å²) in [4.78, 5) is 4.46. The Morgan fingerprint density at radius 3 is 2.77 bits per heavy atom. The van der Waals surface area contributed by atoms with E-state index in [2.05, 4.69) is 20.3 Å². The van der Waals surface area contributed by atoms with Gasteiger partial charge in [0.2, 0.25) is 0 Å². The molecule has 1 N–H and O–H groups in total. The fourth-order valence-electron chi connectivity index (χ4n) is 2.67. The molecule has 2 aromatic heterocycles. The van der Waals surface area contributed by atoms with Gasteiger partial charge >= 0.3 is 0 Å². The van der Waals surface area contributed by atoms with Gasteiger partial charge in [0.1, 0.15) is 5.82 Å². The molecule has 1 aliphatic rings. The van der Waals surface area contributed by atoms with Crippen molar-refractivity contribution in [3.8, 4) is 11.6 Å². The normalized spacial score (nSPS) is 16.0. The maximum Gasteiger partial charge on any atom is 0.278 e. The van der Waals surface area contributed by atoms with Gasteiger partial charge in [0, 0.05) is 10.7 Å². The van der Waals surface area contributed by atoms with Gasteiger partial charge in [0.25, 0.3) is 5.89 Å². The second kappa shape index (κ2) is 4.64. The largest absolute Gasteiger partial charge is 0.332 e. The van der Waals surface area contributed by atoms with E-state index in [1.54, 1.807) is 6.07 Å². The minimum Gasteiger partial charge on any atom is -0.332 e. The first-order chi connectivity index (χ1) is 10.6. The Labute approximate surface area is 130 Å². The van der Waals surface area contributed by atoms with Crippen LogP contribution in [0, 0.1) is 12.7 Å². The molecule has 1 fully saturated rings. The molecule has 0 unspecified atom stereocenters. The SMILES string of the molecule is Cc1cc(-c2nc(C3(c4ccc(F)cc4Cl)CC3)no2)n[nH]1. The Balaban J connectivity index is 1.74. The number of nitrogens with zero attached hydrogens (tertiary/aromatic N) is 3. The summed E-state index contributed by atoms with van der Waals surface area (Å²) in [5.41, 5.74) is 1.98. The molecule has 1 saturated carbocycles. The number of hydrogen-bond donors (Lipinski definition) is 1. The summed E-state index contributed by atoms with van der Waals surface area (Å²) in [5, 5.41) is 11.4. The lowest BCUT2D eigenvalue weighted by molar-refractivity contribution is 0.416. The molecule has 0 bridgehead atoms. The van der Waals surface area contributed by atoms with Crippen molar-refractivity contribution in [2.45, 2.75) is 25.2 Å². The number of benzene rings is 1. The van der Waals surface area contributed by atoms with Gasteiger partial charge in [0.15, 0.2) is 11.5 Å². The molecule has 112 valence electrons. The number of aromatic amines is 1. The lowest BCUT2D eigenvalue weighted by Crippen LogP contribution is -2.11. The number of aryl methyl sites for hydroxylation is 1. The van der Waals surface area contributed by atoms with Crippen LogP contribution < -0.4 is 0 Å². The van der Waals surface area contributed by atoms with Gasteiger partial charge in [-0.3, -0.25) is 5.10 Å². The molecule has 1 aliphatic carbocycles. The highest BCUT2D eigenvalue weighted by Gasteiger charge is 2.51. The number of nitrogens with one attached hydrogen (secondary N) is 1. The van der Waals surface area contributed by atoms with Gasteiger partial charge in [-0.15, -0.1) is 0 Å². The van der Waals surface area contributed by atoms with E-state index in [0.717, 1.165) is 24.1 Å². The average Bonchev–Trinajstić information content (AvgIpc) is 2.94. The van der Waals surface area contributed by atoms with Gasteiger partial charge < -0.3 is 4.52 Å². The fraction of sp³-hybridized carbons (Fsp3) is 0.267. The lowest BCUT2D eigenvalue weighted by atomic mass is 9.95. The van der Waals surface area contributed by atoms with Crippen molar-refractivity contribution in [3.63, 3.8) is 0 Å². The summed E-state index contributed by atoms with van der Waals surface area (Å²) in [7, 11) is 0. The zero-order valence-corrected chi connectivity index (χ0v) is 12.5. The van der Waals surface area contributed by atoms with Crippen LogP contribution in [0.15, 0.2) is 28.8 Å². The van der Waals surface area contributed by atoms with Crippen LogP contribution in [0.2, 0.25) is 5.02 Å². The Bertz CT molecular complexity index is 853. The number of rotatable bonds is 3. The summed E-state index contributed by atoms with van der Waals surface area (Å²) in [5.74, 6) is 0.575. The Morgan fingerprint density at radius 1 is 1.32 bits per heavy atom. The van der Waals surface area contributed by atoms with Crippen LogP contribution in [-0.2, 0) is 5.41 Å². The van der Waals surface area contributed by atoms with E-state index in [9.17, 15) is 4.39 Å². The van der Waals surface area contributed by atoms with Crippen LogP contribution >= 0.6 is 11.6 Å². The predicted octanol–water partition coefficient (Wildman–Crippen LogP) is 3.64. The molecule has 0 amide bonds. The van der Waals surface area contributed by atoms with Gasteiger partial charge in [-0.25, -0.2) is 4.39 Å². The molecule has 7 heteroatoms. The summed E-state index contributed by atoms with van der Waals surface area (Å²) < 4.78 is 18.6. The zero-order chi connectivity index (χ0) is 15.3. The fourth-order valence-corrected chi connectivity index (χ4v) is 3.01. The number of halogens is 2. The summed E-state index contributed by atoms with van der Waals surface area (Å²) in [6.07, 6.45) is 1.72. The molecular weight excluding hydrogens is 307 g/mol. The molecule has 3 aromatic rings. The van der Waals surface area contributed by atoms with Crippen molar-refractivity contribution >= 4 is 11.6 Å². The van der Waals surface area contributed by atoms with E-state index in [1.165, 1.54) is 12.1 Å². The molecule has 0 saturated heterocycles. The van der Waals surface area contributed by atoms with E-state index in [-0.39, 0.29) is 11.2 Å². The third kappa shape index (κ3) is 2.02.